The van der Waals surface area contributed by atoms with Crippen LogP contribution in [0.15, 0.2) is 54.6 Å². The van der Waals surface area contributed by atoms with Gasteiger partial charge in [-0.1, -0.05) is 29.8 Å². The van der Waals surface area contributed by atoms with Crippen molar-refractivity contribution in [2.45, 2.75) is 0 Å². The third kappa shape index (κ3) is 3.22. The lowest BCUT2D eigenvalue weighted by atomic mass is 10.1. The minimum atomic E-state index is -0.107. The predicted octanol–water partition coefficient (Wildman–Crippen LogP) is 3.94. The van der Waals surface area contributed by atoms with Crippen LogP contribution in [0.1, 0.15) is 15.9 Å². The molecule has 0 aliphatic heterocycles. The molecule has 3 heteroatoms. The number of rotatable bonds is 3. The summed E-state index contributed by atoms with van der Waals surface area (Å²) in [5.41, 5.74) is 1.45. The van der Waals surface area contributed by atoms with Gasteiger partial charge in [-0.2, -0.15) is 0 Å². The molecule has 0 atom stereocenters. The molecule has 2 aromatic rings. The van der Waals surface area contributed by atoms with E-state index in [2.05, 4.69) is 0 Å². The van der Waals surface area contributed by atoms with Crippen LogP contribution in [0.3, 0.4) is 0 Å². The number of hydrogen-bond donors (Lipinski definition) is 1. The fourth-order valence-electron chi connectivity index (χ4n) is 1.47. The minimum Gasteiger partial charge on any atom is -0.508 e. The topological polar surface area (TPSA) is 37.3 Å². The van der Waals surface area contributed by atoms with Gasteiger partial charge in [-0.25, -0.2) is 0 Å². The highest BCUT2D eigenvalue weighted by Crippen LogP contribution is 2.13. The van der Waals surface area contributed by atoms with Crippen molar-refractivity contribution in [2.75, 3.05) is 0 Å². The van der Waals surface area contributed by atoms with E-state index >= 15 is 0 Å². The fourth-order valence-corrected chi connectivity index (χ4v) is 1.59. The maximum atomic E-state index is 11.8. The Kier molecular flexibility index (Phi) is 3.80. The SMILES string of the molecule is O=C(C=Cc1ccc(Cl)cc1)c1ccc(O)cc1. The smallest absolute Gasteiger partial charge is 0.185 e. The number of ketones is 1. The van der Waals surface area contributed by atoms with Crippen LogP contribution < -0.4 is 0 Å². The largest absolute Gasteiger partial charge is 0.508 e. The Balaban J connectivity index is 2.11. The molecule has 0 aliphatic carbocycles. The van der Waals surface area contributed by atoms with E-state index < -0.39 is 0 Å². The van der Waals surface area contributed by atoms with Gasteiger partial charge in [0.2, 0.25) is 0 Å². The Morgan fingerprint density at radius 3 is 2.22 bits per heavy atom. The second-order valence-corrected chi connectivity index (χ2v) is 4.23. The maximum Gasteiger partial charge on any atom is 0.185 e. The number of carbonyl (C=O) groups excluding carboxylic acids is 1. The van der Waals surface area contributed by atoms with Crippen molar-refractivity contribution in [3.05, 3.63) is 70.8 Å². The zero-order chi connectivity index (χ0) is 13.0. The highest BCUT2D eigenvalue weighted by Gasteiger charge is 2.00. The molecule has 0 aromatic heterocycles. The predicted molar refractivity (Wildman–Crippen MR) is 72.9 cm³/mol. The summed E-state index contributed by atoms with van der Waals surface area (Å²) in [5.74, 6) is 0.0400. The van der Waals surface area contributed by atoms with E-state index in [4.69, 9.17) is 16.7 Å². The van der Waals surface area contributed by atoms with Gasteiger partial charge >= 0.3 is 0 Å². The molecule has 2 aromatic carbocycles. The molecule has 0 spiro atoms. The van der Waals surface area contributed by atoms with Crippen molar-refractivity contribution in [3.63, 3.8) is 0 Å². The molecule has 2 nitrogen and oxygen atoms in total. The zero-order valence-corrected chi connectivity index (χ0v) is 10.3. The normalized spacial score (nSPS) is 10.7. The first kappa shape index (κ1) is 12.4. The molecule has 0 radical (unpaired) electrons. The molecule has 0 amide bonds. The summed E-state index contributed by atoms with van der Waals surface area (Å²) < 4.78 is 0. The molecule has 0 saturated heterocycles. The Morgan fingerprint density at radius 1 is 1.00 bits per heavy atom. The quantitative estimate of drug-likeness (QED) is 0.669. The third-order valence-corrected chi connectivity index (χ3v) is 2.70. The van der Waals surface area contributed by atoms with Crippen molar-refractivity contribution in [3.8, 4) is 5.75 Å². The summed E-state index contributed by atoms with van der Waals surface area (Å²) in [5, 5.41) is 9.79. The van der Waals surface area contributed by atoms with Crippen LogP contribution in [0.5, 0.6) is 5.75 Å². The van der Waals surface area contributed by atoms with Crippen LogP contribution in [-0.4, -0.2) is 10.9 Å². The van der Waals surface area contributed by atoms with E-state index in [1.54, 1.807) is 30.3 Å². The molecule has 0 aliphatic rings. The number of carbonyl (C=O) groups is 1. The summed E-state index contributed by atoms with van der Waals surface area (Å²) in [6.07, 6.45) is 3.22. The molecule has 0 heterocycles. The summed E-state index contributed by atoms with van der Waals surface area (Å²) in [4.78, 5) is 11.8. The number of hydrogen-bond acceptors (Lipinski definition) is 2. The Hall–Kier alpha value is -2.06. The van der Waals surface area contributed by atoms with Gasteiger partial charge in [-0.15, -0.1) is 0 Å². The average molecular weight is 259 g/mol. The lowest BCUT2D eigenvalue weighted by Gasteiger charge is -1.96. The standard InChI is InChI=1S/C15H11ClO2/c16-13-6-1-11(2-7-13)3-10-15(18)12-4-8-14(17)9-5-12/h1-10,17H. The van der Waals surface area contributed by atoms with Crippen molar-refractivity contribution in [1.82, 2.24) is 0 Å². The first-order valence-electron chi connectivity index (χ1n) is 5.42. The second-order valence-electron chi connectivity index (χ2n) is 3.80. The number of halogens is 1. The molecular weight excluding hydrogens is 248 g/mol. The summed E-state index contributed by atoms with van der Waals surface area (Å²) in [6, 6.07) is 13.4. The second kappa shape index (κ2) is 5.52. The molecule has 2 rings (SSSR count). The molecule has 0 saturated carbocycles. The van der Waals surface area contributed by atoms with Crippen LogP contribution in [0, 0.1) is 0 Å². The van der Waals surface area contributed by atoms with Gasteiger partial charge in [0.25, 0.3) is 0 Å². The van der Waals surface area contributed by atoms with Gasteiger partial charge in [-0.3, -0.25) is 4.79 Å². The summed E-state index contributed by atoms with van der Waals surface area (Å²) >= 11 is 5.77. The summed E-state index contributed by atoms with van der Waals surface area (Å²) in [6.45, 7) is 0. The Bertz CT molecular complexity index is 568. The third-order valence-electron chi connectivity index (χ3n) is 2.45. The van der Waals surface area contributed by atoms with Gasteiger partial charge in [0.05, 0.1) is 0 Å². The van der Waals surface area contributed by atoms with Crippen LogP contribution in [0.25, 0.3) is 6.08 Å². The number of aromatic hydroxyl groups is 1. The van der Waals surface area contributed by atoms with Gasteiger partial charge in [0, 0.05) is 10.6 Å². The Labute approximate surface area is 110 Å². The van der Waals surface area contributed by atoms with E-state index in [9.17, 15) is 4.79 Å². The monoisotopic (exact) mass is 258 g/mol. The lowest BCUT2D eigenvalue weighted by Crippen LogP contribution is -1.92. The molecule has 0 fully saturated rings. The minimum absolute atomic E-state index is 0.107. The average Bonchev–Trinajstić information content (AvgIpc) is 2.38. The molecule has 0 bridgehead atoms. The lowest BCUT2D eigenvalue weighted by molar-refractivity contribution is 0.104. The number of phenols is 1. The molecule has 1 N–H and O–H groups in total. The number of phenolic OH excluding ortho intramolecular Hbond substituents is 1. The molecule has 0 unspecified atom stereocenters. The van der Waals surface area contributed by atoms with Gasteiger partial charge in [0.1, 0.15) is 5.75 Å². The van der Waals surface area contributed by atoms with Crippen LogP contribution in [0.4, 0.5) is 0 Å². The Morgan fingerprint density at radius 2 is 1.61 bits per heavy atom. The van der Waals surface area contributed by atoms with Gasteiger partial charge in [-0.05, 0) is 48.0 Å². The molecule has 90 valence electrons. The van der Waals surface area contributed by atoms with Crippen molar-refractivity contribution >= 4 is 23.5 Å². The maximum absolute atomic E-state index is 11.8. The van der Waals surface area contributed by atoms with Crippen molar-refractivity contribution < 1.29 is 9.90 Å². The fraction of sp³-hybridized carbons (Fsp3) is 0. The van der Waals surface area contributed by atoms with Gasteiger partial charge in [0.15, 0.2) is 5.78 Å². The molecule has 18 heavy (non-hydrogen) atoms. The number of allylic oxidation sites excluding steroid dienone is 1. The van der Waals surface area contributed by atoms with Crippen molar-refractivity contribution in [2.24, 2.45) is 0 Å². The molecular formula is C15H11ClO2. The first-order chi connectivity index (χ1) is 8.65. The highest BCUT2D eigenvalue weighted by atomic mass is 35.5. The zero-order valence-electron chi connectivity index (χ0n) is 9.51. The van der Waals surface area contributed by atoms with E-state index in [0.29, 0.717) is 10.6 Å². The van der Waals surface area contributed by atoms with E-state index in [0.717, 1.165) is 5.56 Å². The highest BCUT2D eigenvalue weighted by molar-refractivity contribution is 6.30. The van der Waals surface area contributed by atoms with E-state index in [-0.39, 0.29) is 11.5 Å². The first-order valence-corrected chi connectivity index (χ1v) is 5.80. The van der Waals surface area contributed by atoms with E-state index in [1.165, 1.54) is 18.2 Å². The van der Waals surface area contributed by atoms with E-state index in [1.807, 2.05) is 12.1 Å². The van der Waals surface area contributed by atoms with Crippen LogP contribution in [0.2, 0.25) is 5.02 Å². The number of benzene rings is 2. The van der Waals surface area contributed by atoms with Gasteiger partial charge < -0.3 is 5.11 Å². The van der Waals surface area contributed by atoms with Crippen LogP contribution in [-0.2, 0) is 0 Å². The van der Waals surface area contributed by atoms with Crippen molar-refractivity contribution in [1.29, 1.82) is 0 Å². The summed E-state index contributed by atoms with van der Waals surface area (Å²) in [7, 11) is 0. The van der Waals surface area contributed by atoms with Crippen LogP contribution >= 0.6 is 11.6 Å².